The van der Waals surface area contributed by atoms with Gasteiger partial charge < -0.3 is 15.4 Å². The van der Waals surface area contributed by atoms with Crippen molar-refractivity contribution in [2.45, 2.75) is 60.5 Å². The number of amides is 1. The van der Waals surface area contributed by atoms with Gasteiger partial charge in [0.1, 0.15) is 5.60 Å². The lowest BCUT2D eigenvalue weighted by Gasteiger charge is -2.49. The van der Waals surface area contributed by atoms with Crippen molar-refractivity contribution in [2.24, 2.45) is 16.7 Å². The van der Waals surface area contributed by atoms with Crippen LogP contribution in [0.15, 0.2) is 0 Å². The molecule has 4 heteroatoms. The standard InChI is InChI=1S/C16H32N2O2/c1-14(2,3)20-13(19)18-9-8-12-15(4,5)10-17-11-16(12,6)7/h12,17H,8-11H2,1-7H3,(H,18,19). The van der Waals surface area contributed by atoms with E-state index in [4.69, 9.17) is 4.74 Å². The van der Waals surface area contributed by atoms with E-state index in [1.807, 2.05) is 20.8 Å². The summed E-state index contributed by atoms with van der Waals surface area (Å²) < 4.78 is 5.27. The van der Waals surface area contributed by atoms with Crippen molar-refractivity contribution in [3.05, 3.63) is 0 Å². The zero-order valence-electron chi connectivity index (χ0n) is 14.2. The van der Waals surface area contributed by atoms with Gasteiger partial charge in [0.25, 0.3) is 0 Å². The van der Waals surface area contributed by atoms with Crippen LogP contribution >= 0.6 is 0 Å². The predicted molar refractivity (Wildman–Crippen MR) is 82.8 cm³/mol. The molecule has 4 nitrogen and oxygen atoms in total. The molecule has 0 bridgehead atoms. The maximum atomic E-state index is 11.7. The Morgan fingerprint density at radius 3 is 2.15 bits per heavy atom. The van der Waals surface area contributed by atoms with Gasteiger partial charge in [0.15, 0.2) is 0 Å². The van der Waals surface area contributed by atoms with Gasteiger partial charge >= 0.3 is 6.09 Å². The number of hydrogen-bond donors (Lipinski definition) is 2. The van der Waals surface area contributed by atoms with Crippen LogP contribution in [0, 0.1) is 16.7 Å². The SMILES string of the molecule is CC(C)(C)OC(=O)NCCC1C(C)(C)CNCC1(C)C. The molecular formula is C16H32N2O2. The average molecular weight is 284 g/mol. The maximum Gasteiger partial charge on any atom is 0.407 e. The van der Waals surface area contributed by atoms with Crippen LogP contribution in [-0.4, -0.2) is 31.3 Å². The molecule has 0 atom stereocenters. The van der Waals surface area contributed by atoms with Crippen molar-refractivity contribution in [2.75, 3.05) is 19.6 Å². The van der Waals surface area contributed by atoms with Gasteiger partial charge in [-0.3, -0.25) is 0 Å². The second kappa shape index (κ2) is 5.92. The lowest BCUT2D eigenvalue weighted by Crippen LogP contribution is -2.53. The zero-order valence-corrected chi connectivity index (χ0v) is 14.2. The van der Waals surface area contributed by atoms with E-state index in [1.165, 1.54) is 0 Å². The number of carbonyl (C=O) groups excluding carboxylic acids is 1. The monoisotopic (exact) mass is 284 g/mol. The summed E-state index contributed by atoms with van der Waals surface area (Å²) in [6.07, 6.45) is 0.669. The first-order valence-electron chi connectivity index (χ1n) is 7.62. The molecule has 0 aromatic carbocycles. The van der Waals surface area contributed by atoms with Gasteiger partial charge in [-0.15, -0.1) is 0 Å². The molecule has 1 amide bonds. The first-order chi connectivity index (χ1) is 8.94. The van der Waals surface area contributed by atoms with Gasteiger partial charge in [0.2, 0.25) is 0 Å². The number of rotatable bonds is 3. The zero-order chi connectivity index (χ0) is 15.6. The number of nitrogens with one attached hydrogen (secondary N) is 2. The highest BCUT2D eigenvalue weighted by atomic mass is 16.6. The number of ether oxygens (including phenoxy) is 1. The van der Waals surface area contributed by atoms with Gasteiger partial charge in [-0.2, -0.15) is 0 Å². The molecule has 0 radical (unpaired) electrons. The minimum absolute atomic E-state index is 0.247. The molecule has 1 saturated heterocycles. The molecule has 1 aliphatic heterocycles. The predicted octanol–water partition coefficient (Wildman–Crippen LogP) is 3.17. The molecule has 1 aliphatic rings. The smallest absolute Gasteiger partial charge is 0.407 e. The number of carbonyl (C=O) groups is 1. The quantitative estimate of drug-likeness (QED) is 0.837. The van der Waals surface area contributed by atoms with Crippen LogP contribution in [0.1, 0.15) is 54.9 Å². The number of piperidine rings is 1. The van der Waals surface area contributed by atoms with Crippen LogP contribution in [-0.2, 0) is 4.74 Å². The second-order valence-corrected chi connectivity index (χ2v) is 8.35. The van der Waals surface area contributed by atoms with Crippen molar-refractivity contribution in [3.63, 3.8) is 0 Å². The third-order valence-electron chi connectivity index (χ3n) is 4.15. The van der Waals surface area contributed by atoms with Gasteiger partial charge in [0, 0.05) is 19.6 Å². The molecule has 0 aromatic rings. The molecule has 1 heterocycles. The Labute approximate surface area is 124 Å². The summed E-state index contributed by atoms with van der Waals surface area (Å²) in [7, 11) is 0. The number of hydrogen-bond acceptors (Lipinski definition) is 3. The molecule has 0 aromatic heterocycles. The van der Waals surface area contributed by atoms with Crippen LogP contribution in [0.25, 0.3) is 0 Å². The van der Waals surface area contributed by atoms with E-state index in [0.29, 0.717) is 12.5 Å². The Kier molecular flexibility index (Phi) is 5.12. The molecule has 0 aliphatic carbocycles. The molecule has 0 saturated carbocycles. The highest BCUT2D eigenvalue weighted by molar-refractivity contribution is 5.67. The molecule has 0 unspecified atom stereocenters. The lowest BCUT2D eigenvalue weighted by atomic mass is 9.61. The van der Waals surface area contributed by atoms with Gasteiger partial charge in [-0.05, 0) is 43.9 Å². The highest BCUT2D eigenvalue weighted by Gasteiger charge is 2.43. The van der Waals surface area contributed by atoms with Gasteiger partial charge in [0.05, 0.1) is 0 Å². The normalized spacial score (nSPS) is 22.4. The summed E-state index contributed by atoms with van der Waals surface area (Å²) in [5.41, 5.74) is 0.0616. The van der Waals surface area contributed by atoms with Crippen molar-refractivity contribution in [1.82, 2.24) is 10.6 Å². The first-order valence-corrected chi connectivity index (χ1v) is 7.62. The topological polar surface area (TPSA) is 50.4 Å². The van der Waals surface area contributed by atoms with Crippen LogP contribution in [0.4, 0.5) is 4.79 Å². The van der Waals surface area contributed by atoms with E-state index in [2.05, 4.69) is 38.3 Å². The fraction of sp³-hybridized carbons (Fsp3) is 0.938. The Hall–Kier alpha value is -0.770. The summed E-state index contributed by atoms with van der Waals surface area (Å²) in [5.74, 6) is 0.575. The van der Waals surface area contributed by atoms with E-state index in [-0.39, 0.29) is 16.9 Å². The minimum atomic E-state index is -0.433. The van der Waals surface area contributed by atoms with Gasteiger partial charge in [-0.25, -0.2) is 4.79 Å². The van der Waals surface area contributed by atoms with Crippen molar-refractivity contribution < 1.29 is 9.53 Å². The van der Waals surface area contributed by atoms with E-state index in [9.17, 15) is 4.79 Å². The average Bonchev–Trinajstić information content (AvgIpc) is 2.18. The highest BCUT2D eigenvalue weighted by Crippen LogP contribution is 2.44. The molecule has 118 valence electrons. The Bertz CT molecular complexity index is 327. The minimum Gasteiger partial charge on any atom is -0.444 e. The van der Waals surface area contributed by atoms with Crippen LogP contribution in [0.5, 0.6) is 0 Å². The van der Waals surface area contributed by atoms with Crippen LogP contribution in [0.3, 0.4) is 0 Å². The third-order valence-corrected chi connectivity index (χ3v) is 4.15. The van der Waals surface area contributed by atoms with Crippen molar-refractivity contribution in [1.29, 1.82) is 0 Å². The molecule has 2 N–H and O–H groups in total. The van der Waals surface area contributed by atoms with Crippen LogP contribution in [0.2, 0.25) is 0 Å². The second-order valence-electron chi connectivity index (χ2n) is 8.35. The van der Waals surface area contributed by atoms with E-state index in [1.54, 1.807) is 0 Å². The summed E-state index contributed by atoms with van der Waals surface area (Å²) in [5, 5.41) is 6.39. The maximum absolute atomic E-state index is 11.7. The molecule has 1 rings (SSSR count). The van der Waals surface area contributed by atoms with Crippen molar-refractivity contribution >= 4 is 6.09 Å². The fourth-order valence-electron chi connectivity index (χ4n) is 3.43. The molecule has 1 fully saturated rings. The van der Waals surface area contributed by atoms with E-state index in [0.717, 1.165) is 19.5 Å². The summed E-state index contributed by atoms with van der Waals surface area (Å²) in [6.45, 7) is 17.6. The summed E-state index contributed by atoms with van der Waals surface area (Å²) in [4.78, 5) is 11.7. The fourth-order valence-corrected chi connectivity index (χ4v) is 3.43. The Balaban J connectivity index is 2.49. The molecular weight excluding hydrogens is 252 g/mol. The van der Waals surface area contributed by atoms with Crippen molar-refractivity contribution in [3.8, 4) is 0 Å². The lowest BCUT2D eigenvalue weighted by molar-refractivity contribution is 0.0226. The van der Waals surface area contributed by atoms with Gasteiger partial charge in [-0.1, -0.05) is 27.7 Å². The largest absolute Gasteiger partial charge is 0.444 e. The summed E-state index contributed by atoms with van der Waals surface area (Å²) >= 11 is 0. The van der Waals surface area contributed by atoms with Crippen LogP contribution < -0.4 is 10.6 Å². The molecule has 0 spiro atoms. The first kappa shape index (κ1) is 17.3. The number of alkyl carbamates (subject to hydrolysis) is 1. The Morgan fingerprint density at radius 2 is 1.70 bits per heavy atom. The van der Waals surface area contributed by atoms with E-state index < -0.39 is 5.60 Å². The third kappa shape index (κ3) is 4.97. The van der Waals surface area contributed by atoms with E-state index >= 15 is 0 Å². The summed E-state index contributed by atoms with van der Waals surface area (Å²) in [6, 6.07) is 0. The molecule has 20 heavy (non-hydrogen) atoms. The Morgan fingerprint density at radius 1 is 1.20 bits per heavy atom.